The first-order chi connectivity index (χ1) is 11.6. The zero-order valence-corrected chi connectivity index (χ0v) is 17.8. The number of nitrogens with zero attached hydrogens (tertiary/aromatic N) is 4. The van der Waals surface area contributed by atoms with Gasteiger partial charge in [-0.1, -0.05) is 18.2 Å². The third kappa shape index (κ3) is 5.76. The molecule has 6 nitrogen and oxygen atoms in total. The summed E-state index contributed by atoms with van der Waals surface area (Å²) in [6, 6.07) is 10.0. The van der Waals surface area contributed by atoms with E-state index in [0.717, 1.165) is 29.5 Å². The van der Waals surface area contributed by atoms with E-state index >= 15 is 0 Å². The average Bonchev–Trinajstić information content (AvgIpc) is 2.60. The summed E-state index contributed by atoms with van der Waals surface area (Å²) in [6.45, 7) is 1.72. The normalized spacial score (nSPS) is 10.3. The van der Waals surface area contributed by atoms with Crippen molar-refractivity contribution in [3.8, 4) is 5.88 Å². The van der Waals surface area contributed by atoms with Gasteiger partial charge in [0.1, 0.15) is 10.7 Å². The Kier molecular flexibility index (Phi) is 9.02. The average molecular weight is 428 g/mol. The Morgan fingerprint density at radius 1 is 1.12 bits per heavy atom. The molecule has 8 heteroatoms. The number of anilines is 3. The zero-order chi connectivity index (χ0) is 17.5. The molecule has 0 saturated heterocycles. The maximum absolute atomic E-state index is 5.48. The van der Waals surface area contributed by atoms with Crippen LogP contribution in [0.2, 0.25) is 0 Å². The van der Waals surface area contributed by atoms with Crippen molar-refractivity contribution in [3.05, 3.63) is 30.3 Å². The van der Waals surface area contributed by atoms with Crippen LogP contribution < -0.4 is 15.0 Å². The van der Waals surface area contributed by atoms with Gasteiger partial charge in [-0.25, -0.2) is 0 Å². The number of halogens is 1. The van der Waals surface area contributed by atoms with Crippen molar-refractivity contribution < 1.29 is 4.74 Å². The summed E-state index contributed by atoms with van der Waals surface area (Å²) in [4.78, 5) is 14.3. The molecule has 1 aromatic heterocycles. The van der Waals surface area contributed by atoms with Crippen molar-refractivity contribution in [2.45, 2.75) is 4.90 Å². The number of benzene rings is 1. The SMILES string of the molecule is Br.COc1nc(N(C)c2ccccc2)nc(NCCN(C)C)c1SC. The molecule has 0 aliphatic rings. The smallest absolute Gasteiger partial charge is 0.234 e. The van der Waals surface area contributed by atoms with Crippen molar-refractivity contribution in [1.29, 1.82) is 0 Å². The van der Waals surface area contributed by atoms with Crippen LogP contribution >= 0.6 is 28.7 Å². The lowest BCUT2D eigenvalue weighted by molar-refractivity contribution is 0.386. The van der Waals surface area contributed by atoms with Crippen molar-refractivity contribution >= 4 is 46.2 Å². The van der Waals surface area contributed by atoms with Crippen LogP contribution in [0.15, 0.2) is 35.2 Å². The van der Waals surface area contributed by atoms with E-state index in [1.807, 2.05) is 62.6 Å². The van der Waals surface area contributed by atoms with Gasteiger partial charge >= 0.3 is 0 Å². The molecule has 0 amide bonds. The molecule has 0 bridgehead atoms. The molecule has 2 rings (SSSR count). The number of aromatic nitrogens is 2. The van der Waals surface area contributed by atoms with Crippen LogP contribution in [0, 0.1) is 0 Å². The minimum Gasteiger partial charge on any atom is -0.480 e. The molecule has 0 radical (unpaired) electrons. The van der Waals surface area contributed by atoms with E-state index in [4.69, 9.17) is 9.72 Å². The van der Waals surface area contributed by atoms with Crippen LogP contribution in [0.25, 0.3) is 0 Å². The minimum absolute atomic E-state index is 0. The monoisotopic (exact) mass is 427 g/mol. The van der Waals surface area contributed by atoms with Gasteiger partial charge in [0.05, 0.1) is 7.11 Å². The molecule has 0 saturated carbocycles. The van der Waals surface area contributed by atoms with Gasteiger partial charge in [-0.3, -0.25) is 0 Å². The van der Waals surface area contributed by atoms with Crippen LogP contribution in [-0.2, 0) is 0 Å². The maximum atomic E-state index is 5.48. The molecule has 0 unspecified atom stereocenters. The molecule has 1 aromatic carbocycles. The second kappa shape index (κ2) is 10.5. The van der Waals surface area contributed by atoms with E-state index in [-0.39, 0.29) is 17.0 Å². The quantitative estimate of drug-likeness (QED) is 0.646. The predicted molar refractivity (Wildman–Crippen MR) is 112 cm³/mol. The Morgan fingerprint density at radius 3 is 2.36 bits per heavy atom. The molecule has 0 aliphatic heterocycles. The van der Waals surface area contributed by atoms with Crippen molar-refractivity contribution in [3.63, 3.8) is 0 Å². The van der Waals surface area contributed by atoms with Crippen LogP contribution in [0.1, 0.15) is 0 Å². The van der Waals surface area contributed by atoms with Gasteiger partial charge in [0.25, 0.3) is 0 Å². The Hall–Kier alpha value is -1.51. The first kappa shape index (κ1) is 21.5. The lowest BCUT2D eigenvalue weighted by Crippen LogP contribution is -2.22. The van der Waals surface area contributed by atoms with Crippen LogP contribution in [0.5, 0.6) is 5.88 Å². The standard InChI is InChI=1S/C17H25N5OS.BrH/c1-21(2)12-11-18-15-14(24-5)16(23-4)20-17(19-15)22(3)13-9-7-6-8-10-13;/h6-10H,11-12H2,1-5H3,(H,18,19,20);1H. The molecule has 0 atom stereocenters. The third-order valence-corrected chi connectivity index (χ3v) is 4.29. The van der Waals surface area contributed by atoms with Crippen molar-refractivity contribution in [2.24, 2.45) is 0 Å². The van der Waals surface area contributed by atoms with E-state index in [9.17, 15) is 0 Å². The summed E-state index contributed by atoms with van der Waals surface area (Å²) < 4.78 is 5.48. The van der Waals surface area contributed by atoms with Gasteiger partial charge in [-0.2, -0.15) is 9.97 Å². The molecule has 0 fully saturated rings. The lowest BCUT2D eigenvalue weighted by Gasteiger charge is -2.21. The largest absolute Gasteiger partial charge is 0.480 e. The van der Waals surface area contributed by atoms with Gasteiger partial charge in [-0.05, 0) is 32.5 Å². The van der Waals surface area contributed by atoms with E-state index in [0.29, 0.717) is 11.8 Å². The minimum atomic E-state index is 0. The zero-order valence-electron chi connectivity index (χ0n) is 15.3. The summed E-state index contributed by atoms with van der Waals surface area (Å²) in [6.07, 6.45) is 2.00. The molecule has 138 valence electrons. The van der Waals surface area contributed by atoms with E-state index in [1.165, 1.54) is 0 Å². The lowest BCUT2D eigenvalue weighted by atomic mass is 10.3. The van der Waals surface area contributed by atoms with Crippen LogP contribution in [0.4, 0.5) is 17.5 Å². The number of para-hydroxylation sites is 1. The highest BCUT2D eigenvalue weighted by atomic mass is 79.9. The van der Waals surface area contributed by atoms with Gasteiger partial charge in [-0.15, -0.1) is 28.7 Å². The topological polar surface area (TPSA) is 53.5 Å². The highest BCUT2D eigenvalue weighted by molar-refractivity contribution is 8.93. The molecule has 1 N–H and O–H groups in total. The number of likely N-dealkylation sites (N-methyl/N-ethyl adjacent to an activating group) is 1. The molecular weight excluding hydrogens is 402 g/mol. The Balaban J connectivity index is 0.00000312. The number of thioether (sulfide) groups is 1. The maximum Gasteiger partial charge on any atom is 0.234 e. The first-order valence-electron chi connectivity index (χ1n) is 7.74. The number of methoxy groups -OCH3 is 1. The highest BCUT2D eigenvalue weighted by Crippen LogP contribution is 2.34. The Labute approximate surface area is 164 Å². The van der Waals surface area contributed by atoms with E-state index in [2.05, 4.69) is 15.2 Å². The van der Waals surface area contributed by atoms with Crippen LogP contribution in [0.3, 0.4) is 0 Å². The van der Waals surface area contributed by atoms with E-state index < -0.39 is 0 Å². The van der Waals surface area contributed by atoms with Gasteiger partial charge in [0.15, 0.2) is 0 Å². The number of rotatable bonds is 8. The summed E-state index contributed by atoms with van der Waals surface area (Å²) in [5.74, 6) is 1.99. The van der Waals surface area contributed by atoms with Crippen LogP contribution in [-0.4, -0.2) is 62.5 Å². The third-order valence-electron chi connectivity index (χ3n) is 3.52. The predicted octanol–water partition coefficient (Wildman–Crippen LogP) is 3.53. The molecule has 1 heterocycles. The fourth-order valence-electron chi connectivity index (χ4n) is 2.18. The fourth-order valence-corrected chi connectivity index (χ4v) is 2.79. The first-order valence-corrected chi connectivity index (χ1v) is 8.96. The summed E-state index contributed by atoms with van der Waals surface area (Å²) in [5.41, 5.74) is 1.02. The summed E-state index contributed by atoms with van der Waals surface area (Å²) in [5, 5.41) is 3.40. The molecule has 0 spiro atoms. The second-order valence-electron chi connectivity index (χ2n) is 5.54. The Morgan fingerprint density at radius 2 is 1.80 bits per heavy atom. The summed E-state index contributed by atoms with van der Waals surface area (Å²) >= 11 is 1.58. The summed E-state index contributed by atoms with van der Waals surface area (Å²) in [7, 11) is 7.68. The van der Waals surface area contributed by atoms with Gasteiger partial charge in [0, 0.05) is 25.8 Å². The van der Waals surface area contributed by atoms with E-state index in [1.54, 1.807) is 18.9 Å². The molecule has 25 heavy (non-hydrogen) atoms. The molecular formula is C17H26BrN5OS. The number of ether oxygens (including phenoxy) is 1. The second-order valence-corrected chi connectivity index (χ2v) is 6.36. The van der Waals surface area contributed by atoms with Crippen molar-refractivity contribution in [1.82, 2.24) is 14.9 Å². The Bertz CT molecular complexity index is 657. The number of nitrogens with one attached hydrogen (secondary N) is 1. The van der Waals surface area contributed by atoms with Crippen molar-refractivity contribution in [2.75, 3.05) is 57.8 Å². The number of hydrogen-bond acceptors (Lipinski definition) is 7. The highest BCUT2D eigenvalue weighted by Gasteiger charge is 2.17. The fraction of sp³-hybridized carbons (Fsp3) is 0.412. The molecule has 0 aliphatic carbocycles. The molecule has 2 aromatic rings. The number of hydrogen-bond donors (Lipinski definition) is 1. The van der Waals surface area contributed by atoms with Gasteiger partial charge in [0.2, 0.25) is 11.8 Å². The van der Waals surface area contributed by atoms with Gasteiger partial charge < -0.3 is 19.9 Å².